The molecule has 8 heteroatoms. The van der Waals surface area contributed by atoms with Crippen molar-refractivity contribution in [3.8, 4) is 11.5 Å². The van der Waals surface area contributed by atoms with E-state index in [0.717, 1.165) is 57.3 Å². The Morgan fingerprint density at radius 3 is 2.59 bits per heavy atom. The number of rotatable bonds is 9. The van der Waals surface area contributed by atoms with E-state index in [-0.39, 0.29) is 24.0 Å². The van der Waals surface area contributed by atoms with E-state index in [1.54, 1.807) is 14.2 Å². The highest BCUT2D eigenvalue weighted by Gasteiger charge is 2.13. The van der Waals surface area contributed by atoms with Crippen molar-refractivity contribution in [2.45, 2.75) is 32.3 Å². The van der Waals surface area contributed by atoms with E-state index < -0.39 is 0 Å². The fraction of sp³-hybridized carbons (Fsp3) is 0.632. The van der Waals surface area contributed by atoms with E-state index in [1.807, 2.05) is 25.1 Å². The first-order valence-corrected chi connectivity index (χ1v) is 9.23. The molecule has 7 nitrogen and oxygen atoms in total. The summed E-state index contributed by atoms with van der Waals surface area (Å²) in [5.41, 5.74) is 0.890. The lowest BCUT2D eigenvalue weighted by atomic mass is 10.1. The van der Waals surface area contributed by atoms with Gasteiger partial charge in [0.15, 0.2) is 17.5 Å². The summed E-state index contributed by atoms with van der Waals surface area (Å²) in [6, 6.07) is 5.69. The third-order valence-electron chi connectivity index (χ3n) is 4.08. The zero-order chi connectivity index (χ0) is 18.6. The maximum atomic E-state index is 5.88. The Morgan fingerprint density at radius 1 is 1.19 bits per heavy atom. The Kier molecular flexibility index (Phi) is 12.2. The number of hydrogen-bond donors (Lipinski definition) is 2. The Hall–Kier alpha value is -1.26. The van der Waals surface area contributed by atoms with Crippen LogP contribution in [0.2, 0.25) is 0 Å². The Balaban J connectivity index is 0.00000364. The lowest BCUT2D eigenvalue weighted by Gasteiger charge is -2.22. The molecule has 1 saturated heterocycles. The van der Waals surface area contributed by atoms with Crippen LogP contribution in [-0.2, 0) is 9.47 Å². The highest BCUT2D eigenvalue weighted by molar-refractivity contribution is 14.0. The molecule has 1 fully saturated rings. The van der Waals surface area contributed by atoms with Crippen LogP contribution in [0.4, 0.5) is 5.69 Å². The van der Waals surface area contributed by atoms with Gasteiger partial charge in [0.2, 0.25) is 0 Å². The van der Waals surface area contributed by atoms with E-state index in [0.29, 0.717) is 24.1 Å². The van der Waals surface area contributed by atoms with Gasteiger partial charge < -0.3 is 29.6 Å². The van der Waals surface area contributed by atoms with Gasteiger partial charge in [0.05, 0.1) is 20.3 Å². The Labute approximate surface area is 179 Å². The quantitative estimate of drug-likeness (QED) is 0.238. The standard InChI is InChI=1S/C19H31N3O4.HI/c1-4-20-19(21-10-5-11-26-16-8-12-25-13-9-16)22-15-6-7-17(23-2)18(14-15)24-3;/h6-7,14,16H,4-5,8-13H2,1-3H3,(H2,20,21,22);1H. The van der Waals surface area contributed by atoms with Crippen LogP contribution in [0.3, 0.4) is 0 Å². The summed E-state index contributed by atoms with van der Waals surface area (Å²) >= 11 is 0. The Morgan fingerprint density at radius 2 is 1.93 bits per heavy atom. The highest BCUT2D eigenvalue weighted by Crippen LogP contribution is 2.29. The van der Waals surface area contributed by atoms with Crippen molar-refractivity contribution < 1.29 is 18.9 Å². The van der Waals surface area contributed by atoms with Crippen LogP contribution in [0.25, 0.3) is 0 Å². The number of methoxy groups -OCH3 is 2. The average molecular weight is 493 g/mol. The topological polar surface area (TPSA) is 73.3 Å². The van der Waals surface area contributed by atoms with Crippen molar-refractivity contribution in [2.75, 3.05) is 52.4 Å². The van der Waals surface area contributed by atoms with Crippen molar-refractivity contribution in [1.29, 1.82) is 0 Å². The summed E-state index contributed by atoms with van der Waals surface area (Å²) in [5.74, 6) is 2.12. The maximum absolute atomic E-state index is 5.88. The number of nitrogens with one attached hydrogen (secondary N) is 2. The van der Waals surface area contributed by atoms with Gasteiger partial charge in [-0.05, 0) is 38.3 Å². The van der Waals surface area contributed by atoms with Gasteiger partial charge >= 0.3 is 0 Å². The molecule has 0 radical (unpaired) electrons. The van der Waals surface area contributed by atoms with Gasteiger partial charge in [0.25, 0.3) is 0 Å². The normalized spacial score (nSPS) is 15.0. The molecule has 1 heterocycles. The smallest absolute Gasteiger partial charge is 0.195 e. The second-order valence-electron chi connectivity index (χ2n) is 5.99. The number of ether oxygens (including phenoxy) is 4. The molecule has 1 aliphatic rings. The molecule has 0 amide bonds. The summed E-state index contributed by atoms with van der Waals surface area (Å²) in [4.78, 5) is 4.61. The molecule has 0 saturated carbocycles. The van der Waals surface area contributed by atoms with Gasteiger partial charge in [0.1, 0.15) is 0 Å². The minimum absolute atomic E-state index is 0. The van der Waals surface area contributed by atoms with Crippen LogP contribution in [0.15, 0.2) is 23.2 Å². The molecule has 0 aliphatic carbocycles. The zero-order valence-electron chi connectivity index (χ0n) is 16.5. The summed E-state index contributed by atoms with van der Waals surface area (Å²) in [6.45, 7) is 5.87. The first-order chi connectivity index (χ1) is 12.8. The van der Waals surface area contributed by atoms with Crippen molar-refractivity contribution >= 4 is 35.6 Å². The molecule has 1 aliphatic heterocycles. The van der Waals surface area contributed by atoms with Gasteiger partial charge in [-0.2, -0.15) is 0 Å². The molecule has 27 heavy (non-hydrogen) atoms. The molecule has 0 spiro atoms. The molecule has 0 aromatic heterocycles. The molecule has 2 N–H and O–H groups in total. The molecule has 1 aromatic carbocycles. The van der Waals surface area contributed by atoms with Gasteiger partial charge in [-0.1, -0.05) is 0 Å². The lowest BCUT2D eigenvalue weighted by molar-refractivity contribution is -0.0318. The van der Waals surface area contributed by atoms with E-state index in [4.69, 9.17) is 18.9 Å². The molecule has 154 valence electrons. The van der Waals surface area contributed by atoms with Crippen LogP contribution >= 0.6 is 24.0 Å². The number of anilines is 1. The molecular weight excluding hydrogens is 461 g/mol. The lowest BCUT2D eigenvalue weighted by Crippen LogP contribution is -2.31. The second kappa shape index (κ2) is 13.8. The van der Waals surface area contributed by atoms with Gasteiger partial charge in [-0.25, -0.2) is 0 Å². The van der Waals surface area contributed by atoms with Crippen LogP contribution in [0.1, 0.15) is 26.2 Å². The zero-order valence-corrected chi connectivity index (χ0v) is 18.8. The Bertz CT molecular complexity index is 566. The van der Waals surface area contributed by atoms with Crippen LogP contribution in [0.5, 0.6) is 11.5 Å². The number of benzene rings is 1. The number of nitrogens with zero attached hydrogens (tertiary/aromatic N) is 1. The van der Waals surface area contributed by atoms with Crippen LogP contribution < -0.4 is 20.1 Å². The van der Waals surface area contributed by atoms with E-state index >= 15 is 0 Å². The predicted molar refractivity (Wildman–Crippen MR) is 119 cm³/mol. The van der Waals surface area contributed by atoms with Crippen molar-refractivity contribution in [3.63, 3.8) is 0 Å². The highest BCUT2D eigenvalue weighted by atomic mass is 127. The first kappa shape index (κ1) is 23.8. The number of aliphatic imine (C=N–C) groups is 1. The molecule has 0 unspecified atom stereocenters. The average Bonchev–Trinajstić information content (AvgIpc) is 2.68. The van der Waals surface area contributed by atoms with Gasteiger partial charge in [-0.3, -0.25) is 4.99 Å². The van der Waals surface area contributed by atoms with Crippen LogP contribution in [-0.4, -0.2) is 59.2 Å². The number of hydrogen-bond acceptors (Lipinski definition) is 5. The fourth-order valence-electron chi connectivity index (χ4n) is 2.71. The third kappa shape index (κ3) is 8.52. The van der Waals surface area contributed by atoms with Crippen molar-refractivity contribution in [1.82, 2.24) is 5.32 Å². The van der Waals surface area contributed by atoms with Crippen LogP contribution in [0, 0.1) is 0 Å². The van der Waals surface area contributed by atoms with E-state index in [2.05, 4.69) is 15.6 Å². The minimum atomic E-state index is 0. The molecule has 1 aromatic rings. The van der Waals surface area contributed by atoms with Crippen molar-refractivity contribution in [2.24, 2.45) is 4.99 Å². The predicted octanol–water partition coefficient (Wildman–Crippen LogP) is 3.28. The first-order valence-electron chi connectivity index (χ1n) is 9.23. The number of guanidine groups is 1. The minimum Gasteiger partial charge on any atom is -0.493 e. The summed E-state index contributed by atoms with van der Waals surface area (Å²) < 4.78 is 21.8. The van der Waals surface area contributed by atoms with E-state index in [9.17, 15) is 0 Å². The second-order valence-corrected chi connectivity index (χ2v) is 5.99. The monoisotopic (exact) mass is 493 g/mol. The summed E-state index contributed by atoms with van der Waals surface area (Å²) in [7, 11) is 3.25. The SMILES string of the molecule is CCNC(=NCCCOC1CCOCC1)Nc1ccc(OC)c(OC)c1.I. The summed E-state index contributed by atoms with van der Waals surface area (Å²) in [5, 5.41) is 6.54. The largest absolute Gasteiger partial charge is 0.493 e. The van der Waals surface area contributed by atoms with Gasteiger partial charge in [-0.15, -0.1) is 24.0 Å². The molecular formula is C19H32IN3O4. The number of halogens is 1. The maximum Gasteiger partial charge on any atom is 0.195 e. The van der Waals surface area contributed by atoms with E-state index in [1.165, 1.54) is 0 Å². The van der Waals surface area contributed by atoms with Gasteiger partial charge in [0, 0.05) is 44.7 Å². The summed E-state index contributed by atoms with van der Waals surface area (Å²) in [6.07, 6.45) is 3.21. The molecule has 0 bridgehead atoms. The fourth-order valence-corrected chi connectivity index (χ4v) is 2.71. The molecule has 0 atom stereocenters. The van der Waals surface area contributed by atoms with Crippen molar-refractivity contribution in [3.05, 3.63) is 18.2 Å². The molecule has 2 rings (SSSR count). The third-order valence-corrected chi connectivity index (χ3v) is 4.08.